The summed E-state index contributed by atoms with van der Waals surface area (Å²) in [6, 6.07) is 9.82. The number of rotatable bonds is 5. The molecule has 3 fully saturated rings. The largest absolute Gasteiger partial charge is 0.362 e. The van der Waals surface area contributed by atoms with Gasteiger partial charge in [0.05, 0.1) is 6.54 Å². The van der Waals surface area contributed by atoms with E-state index in [-0.39, 0.29) is 24.5 Å². The Morgan fingerprint density at radius 2 is 2.09 bits per heavy atom. The average Bonchev–Trinajstić information content (AvgIpc) is 3.53. The molecule has 2 saturated heterocycles. The number of nitrogens with zero attached hydrogens (tertiary/aromatic N) is 4. The first-order chi connectivity index (χ1) is 15.4. The van der Waals surface area contributed by atoms with E-state index in [4.69, 9.17) is 0 Å². The van der Waals surface area contributed by atoms with Crippen LogP contribution in [0, 0.1) is 28.9 Å². The Hall–Kier alpha value is -3.05. The van der Waals surface area contributed by atoms with E-state index in [1.807, 2.05) is 17.0 Å². The van der Waals surface area contributed by atoms with Crippen LogP contribution in [0.5, 0.6) is 0 Å². The van der Waals surface area contributed by atoms with Gasteiger partial charge in [-0.2, -0.15) is 5.26 Å². The third kappa shape index (κ3) is 3.61. The topological polar surface area (TPSA) is 72.3 Å². The molecule has 6 nitrogen and oxygen atoms in total. The van der Waals surface area contributed by atoms with Crippen LogP contribution in [-0.4, -0.2) is 47.5 Å². The summed E-state index contributed by atoms with van der Waals surface area (Å²) in [7, 11) is 0. The monoisotopic (exact) mass is 437 g/mol. The van der Waals surface area contributed by atoms with Crippen molar-refractivity contribution in [2.75, 3.05) is 24.5 Å². The molecule has 1 amide bonds. The molecule has 1 N–H and O–H groups in total. The van der Waals surface area contributed by atoms with Gasteiger partial charge < -0.3 is 9.80 Å². The van der Waals surface area contributed by atoms with Gasteiger partial charge in [0, 0.05) is 54.2 Å². The number of hydrogen-bond donors (Lipinski definition) is 1. The molecule has 0 radical (unpaired) electrons. The molecule has 0 spiro atoms. The summed E-state index contributed by atoms with van der Waals surface area (Å²) in [6.07, 6.45) is 4.09. The van der Waals surface area contributed by atoms with Crippen molar-refractivity contribution >= 4 is 11.6 Å². The molecular formula is C24H25F2N5O. The highest BCUT2D eigenvalue weighted by molar-refractivity contribution is 5.79. The fourth-order valence-electron chi connectivity index (χ4n) is 5.38. The van der Waals surface area contributed by atoms with Gasteiger partial charge in [0.15, 0.2) is 0 Å². The zero-order valence-corrected chi connectivity index (χ0v) is 17.9. The molecule has 32 heavy (non-hydrogen) atoms. The first-order valence-corrected chi connectivity index (χ1v) is 11.0. The number of amides is 1. The van der Waals surface area contributed by atoms with Gasteiger partial charge in [-0.25, -0.2) is 13.8 Å². The van der Waals surface area contributed by atoms with Crippen molar-refractivity contribution < 1.29 is 13.6 Å². The van der Waals surface area contributed by atoms with Gasteiger partial charge in [-0.05, 0) is 43.4 Å². The lowest BCUT2D eigenvalue weighted by molar-refractivity contribution is -0.131. The van der Waals surface area contributed by atoms with Gasteiger partial charge in [-0.1, -0.05) is 13.0 Å². The number of fused-ring (bicyclic) bond motifs is 2. The number of hydrogen-bond acceptors (Lipinski definition) is 5. The van der Waals surface area contributed by atoms with Gasteiger partial charge in [-0.15, -0.1) is 0 Å². The average molecular weight is 437 g/mol. The molecule has 3 aliphatic rings. The van der Waals surface area contributed by atoms with Crippen LogP contribution < -0.4 is 10.2 Å². The van der Waals surface area contributed by atoms with Crippen molar-refractivity contribution in [2.24, 2.45) is 5.92 Å². The van der Waals surface area contributed by atoms with Crippen molar-refractivity contribution in [3.8, 4) is 6.07 Å². The van der Waals surface area contributed by atoms with Crippen molar-refractivity contribution in [2.45, 2.75) is 43.8 Å². The Bertz CT molecular complexity index is 1100. The van der Waals surface area contributed by atoms with Crippen molar-refractivity contribution in [3.05, 3.63) is 59.4 Å². The Morgan fingerprint density at radius 1 is 1.28 bits per heavy atom. The molecule has 2 aromatic rings. The van der Waals surface area contributed by atoms with E-state index in [1.165, 1.54) is 12.1 Å². The van der Waals surface area contributed by atoms with Crippen LogP contribution in [0.25, 0.3) is 0 Å². The van der Waals surface area contributed by atoms with E-state index in [1.54, 1.807) is 6.20 Å². The van der Waals surface area contributed by atoms with Crippen molar-refractivity contribution in [1.29, 1.82) is 5.26 Å². The van der Waals surface area contributed by atoms with E-state index in [0.717, 1.165) is 31.0 Å². The number of aromatic nitrogens is 1. The summed E-state index contributed by atoms with van der Waals surface area (Å²) in [4.78, 5) is 21.3. The number of benzene rings is 1. The fraction of sp³-hybridized carbons (Fsp3) is 0.458. The van der Waals surface area contributed by atoms with Crippen molar-refractivity contribution in [3.63, 3.8) is 0 Å². The van der Waals surface area contributed by atoms with Gasteiger partial charge in [0.1, 0.15) is 23.4 Å². The number of nitriles is 1. The number of halogens is 2. The summed E-state index contributed by atoms with van der Waals surface area (Å²) >= 11 is 0. The van der Waals surface area contributed by atoms with Crippen LogP contribution in [0.15, 0.2) is 36.5 Å². The molecule has 5 rings (SSSR count). The summed E-state index contributed by atoms with van der Waals surface area (Å²) < 4.78 is 27.5. The van der Waals surface area contributed by atoms with E-state index in [0.29, 0.717) is 30.3 Å². The standard InChI is InChI=1S/C24H25F2N5O/c1-15-8-19-13-30(14-22(15)31(19)18-4-7-28-17(10-18)11-27)23(32)12-29-24(5-6-24)20-3-2-16(25)9-21(20)26/h2-4,7,9-10,15,19,22,29H,5-6,8,12-14H2,1H3/t15-,19?,22?/m1/s1. The molecule has 1 aromatic carbocycles. The molecule has 2 unspecified atom stereocenters. The highest BCUT2D eigenvalue weighted by Crippen LogP contribution is 2.46. The number of piperazine rings is 1. The molecule has 1 saturated carbocycles. The molecule has 2 aliphatic heterocycles. The fourth-order valence-corrected chi connectivity index (χ4v) is 5.38. The molecule has 1 aromatic heterocycles. The Kier molecular flexibility index (Phi) is 5.09. The highest BCUT2D eigenvalue weighted by atomic mass is 19.1. The number of nitrogens with one attached hydrogen (secondary N) is 1. The van der Waals surface area contributed by atoms with Crippen LogP contribution in [0.4, 0.5) is 14.5 Å². The number of likely N-dealkylation sites (tertiary alicyclic amines) is 1. The summed E-state index contributed by atoms with van der Waals surface area (Å²) in [5.74, 6) is -0.753. The number of carbonyl (C=O) groups excluding carboxylic acids is 1. The first-order valence-electron chi connectivity index (χ1n) is 11.0. The molecule has 3 heterocycles. The normalized spacial score (nSPS) is 25.5. The minimum Gasteiger partial charge on any atom is -0.362 e. The minimum atomic E-state index is -0.600. The lowest BCUT2D eigenvalue weighted by atomic mass is 10.0. The number of anilines is 1. The third-order valence-corrected chi connectivity index (χ3v) is 7.17. The summed E-state index contributed by atoms with van der Waals surface area (Å²) in [5.41, 5.74) is 1.22. The van der Waals surface area contributed by atoms with E-state index < -0.39 is 17.2 Å². The smallest absolute Gasteiger partial charge is 0.236 e. The van der Waals surface area contributed by atoms with E-state index >= 15 is 0 Å². The van der Waals surface area contributed by atoms with Crippen LogP contribution in [0.2, 0.25) is 0 Å². The predicted octanol–water partition coefficient (Wildman–Crippen LogP) is 2.94. The highest BCUT2D eigenvalue weighted by Gasteiger charge is 2.48. The zero-order valence-electron chi connectivity index (χ0n) is 17.9. The van der Waals surface area contributed by atoms with Crippen LogP contribution in [0.3, 0.4) is 0 Å². The van der Waals surface area contributed by atoms with Crippen molar-refractivity contribution in [1.82, 2.24) is 15.2 Å². The second kappa shape index (κ2) is 7.82. The Labute approximate surface area is 185 Å². The Balaban J connectivity index is 1.26. The first kappa shape index (κ1) is 20.8. The molecular weight excluding hydrogens is 412 g/mol. The maximum atomic E-state index is 14.3. The molecule has 1 aliphatic carbocycles. The number of pyridine rings is 1. The minimum absolute atomic E-state index is 0.00464. The van der Waals surface area contributed by atoms with Crippen LogP contribution in [0.1, 0.15) is 37.4 Å². The molecule has 3 atom stereocenters. The van der Waals surface area contributed by atoms with Gasteiger partial charge in [0.25, 0.3) is 0 Å². The quantitative estimate of drug-likeness (QED) is 0.779. The predicted molar refractivity (Wildman–Crippen MR) is 115 cm³/mol. The van der Waals surface area contributed by atoms with Gasteiger partial charge in [0.2, 0.25) is 5.91 Å². The summed E-state index contributed by atoms with van der Waals surface area (Å²) in [6.45, 7) is 3.55. The van der Waals surface area contributed by atoms with Gasteiger partial charge in [-0.3, -0.25) is 10.1 Å². The SMILES string of the molecule is C[C@@H]1CC2CN(C(=O)CNC3(c4ccc(F)cc4F)CC3)CC1N2c1ccnc(C#N)c1. The Morgan fingerprint density at radius 3 is 2.78 bits per heavy atom. The van der Waals surface area contributed by atoms with Crippen LogP contribution >= 0.6 is 0 Å². The lowest BCUT2D eigenvalue weighted by Gasteiger charge is -2.43. The molecule has 2 bridgehead atoms. The molecule has 166 valence electrons. The lowest BCUT2D eigenvalue weighted by Crippen LogP contribution is -2.57. The maximum absolute atomic E-state index is 14.3. The van der Waals surface area contributed by atoms with E-state index in [2.05, 4.69) is 28.2 Å². The summed E-state index contributed by atoms with van der Waals surface area (Å²) in [5, 5.41) is 12.4. The molecule has 8 heteroatoms. The third-order valence-electron chi connectivity index (χ3n) is 7.17. The van der Waals surface area contributed by atoms with E-state index in [9.17, 15) is 18.8 Å². The van der Waals surface area contributed by atoms with Gasteiger partial charge >= 0.3 is 0 Å². The maximum Gasteiger partial charge on any atom is 0.236 e. The van der Waals surface area contributed by atoms with Crippen LogP contribution in [-0.2, 0) is 10.3 Å². The number of carbonyl (C=O) groups is 1. The second-order valence-electron chi connectivity index (χ2n) is 9.21. The second-order valence-corrected chi connectivity index (χ2v) is 9.21. The zero-order chi connectivity index (χ0) is 22.5.